The Morgan fingerprint density at radius 1 is 1.10 bits per heavy atom. The van der Waals surface area contributed by atoms with Crippen molar-refractivity contribution < 1.29 is 18.3 Å². The van der Waals surface area contributed by atoms with Crippen LogP contribution >= 0.6 is 0 Å². The number of nitrogens with one attached hydrogen (secondary N) is 1. The van der Waals surface area contributed by atoms with Crippen LogP contribution in [0.2, 0.25) is 0 Å². The lowest BCUT2D eigenvalue weighted by atomic mass is 10.1. The number of benzene rings is 1. The lowest BCUT2D eigenvalue weighted by Gasteiger charge is -2.09. The topological polar surface area (TPSA) is 43.4 Å². The molecule has 0 saturated carbocycles. The lowest BCUT2D eigenvalue weighted by molar-refractivity contribution is -0.286. The number of alkyl halides is 2. The highest BCUT2D eigenvalue weighted by atomic mass is 19.3. The van der Waals surface area contributed by atoms with Crippen molar-refractivity contribution in [3.8, 4) is 11.5 Å². The van der Waals surface area contributed by atoms with Crippen LogP contribution in [0, 0.1) is 6.92 Å². The van der Waals surface area contributed by atoms with Crippen molar-refractivity contribution >= 4 is 0 Å². The summed E-state index contributed by atoms with van der Waals surface area (Å²) >= 11 is 0. The Kier molecular flexibility index (Phi) is 3.47. The predicted octanol–water partition coefficient (Wildman–Crippen LogP) is 3.00. The molecule has 1 N–H and O–H groups in total. The number of nitrogens with zero attached hydrogens (tertiary/aromatic N) is 1. The molecule has 1 aliphatic heterocycles. The second kappa shape index (κ2) is 5.29. The van der Waals surface area contributed by atoms with Gasteiger partial charge in [0.2, 0.25) is 0 Å². The van der Waals surface area contributed by atoms with E-state index in [-0.39, 0.29) is 11.5 Å². The molecule has 1 aliphatic rings. The molecule has 0 fully saturated rings. The number of aromatic nitrogens is 1. The number of rotatable bonds is 4. The summed E-state index contributed by atoms with van der Waals surface area (Å²) in [6, 6.07) is 8.69. The van der Waals surface area contributed by atoms with Gasteiger partial charge < -0.3 is 14.8 Å². The predicted molar refractivity (Wildman–Crippen MR) is 72.2 cm³/mol. The summed E-state index contributed by atoms with van der Waals surface area (Å²) in [5, 5.41) is 3.20. The lowest BCUT2D eigenvalue weighted by Crippen LogP contribution is -2.26. The van der Waals surface area contributed by atoms with E-state index in [1.807, 2.05) is 19.1 Å². The van der Waals surface area contributed by atoms with E-state index in [1.54, 1.807) is 18.3 Å². The molecule has 0 bridgehead atoms. The fourth-order valence-electron chi connectivity index (χ4n) is 2.20. The monoisotopic (exact) mass is 292 g/mol. The summed E-state index contributed by atoms with van der Waals surface area (Å²) in [5.41, 5.74) is 2.63. The zero-order valence-corrected chi connectivity index (χ0v) is 11.4. The molecule has 0 aliphatic carbocycles. The van der Waals surface area contributed by atoms with Gasteiger partial charge in [-0.05, 0) is 24.6 Å². The van der Waals surface area contributed by atoms with Gasteiger partial charge in [-0.1, -0.05) is 18.2 Å². The first-order valence-electron chi connectivity index (χ1n) is 6.54. The molecule has 21 heavy (non-hydrogen) atoms. The molecule has 0 atom stereocenters. The smallest absolute Gasteiger partial charge is 0.395 e. The van der Waals surface area contributed by atoms with E-state index < -0.39 is 6.29 Å². The molecule has 1 aromatic heterocycles. The number of hydrogen-bond acceptors (Lipinski definition) is 4. The van der Waals surface area contributed by atoms with Crippen LogP contribution < -0.4 is 14.8 Å². The average molecular weight is 292 g/mol. The van der Waals surface area contributed by atoms with Gasteiger partial charge in [0.15, 0.2) is 11.5 Å². The molecule has 0 amide bonds. The standard InChI is InChI=1S/C15H14F2N2O2/c1-10-11(5-3-7-19-10)8-18-9-12-4-2-6-13-14(12)21-15(16,17)20-13/h2-7,18H,8-9H2,1H3. The largest absolute Gasteiger partial charge is 0.586 e. The SMILES string of the molecule is Cc1ncccc1CNCc1cccc2c1OC(F)(F)O2. The summed E-state index contributed by atoms with van der Waals surface area (Å²) in [5.74, 6) is 0.162. The van der Waals surface area contributed by atoms with Crippen LogP contribution in [-0.2, 0) is 13.1 Å². The van der Waals surface area contributed by atoms with Gasteiger partial charge in [0.05, 0.1) is 0 Å². The van der Waals surface area contributed by atoms with Gasteiger partial charge in [0.25, 0.3) is 0 Å². The van der Waals surface area contributed by atoms with E-state index in [0.29, 0.717) is 18.7 Å². The summed E-state index contributed by atoms with van der Waals surface area (Å²) in [6.45, 7) is 2.92. The van der Waals surface area contributed by atoms with E-state index in [0.717, 1.165) is 11.3 Å². The number of aryl methyl sites for hydroxylation is 1. The Morgan fingerprint density at radius 3 is 2.67 bits per heavy atom. The quantitative estimate of drug-likeness (QED) is 0.940. The third-order valence-corrected chi connectivity index (χ3v) is 3.26. The number of halogens is 2. The van der Waals surface area contributed by atoms with Crippen molar-refractivity contribution in [3.05, 3.63) is 53.3 Å². The minimum absolute atomic E-state index is 0.0665. The van der Waals surface area contributed by atoms with Crippen LogP contribution in [0.3, 0.4) is 0 Å². The second-order valence-electron chi connectivity index (χ2n) is 4.76. The summed E-state index contributed by atoms with van der Waals surface area (Å²) in [7, 11) is 0. The number of fused-ring (bicyclic) bond motifs is 1. The first-order chi connectivity index (χ1) is 10.1. The van der Waals surface area contributed by atoms with Crippen LogP contribution in [0.15, 0.2) is 36.5 Å². The third kappa shape index (κ3) is 2.95. The Morgan fingerprint density at radius 2 is 1.86 bits per heavy atom. The van der Waals surface area contributed by atoms with Gasteiger partial charge >= 0.3 is 6.29 Å². The summed E-state index contributed by atoms with van der Waals surface area (Å²) in [6.07, 6.45) is -1.85. The van der Waals surface area contributed by atoms with Crippen LogP contribution in [0.4, 0.5) is 8.78 Å². The van der Waals surface area contributed by atoms with E-state index in [2.05, 4.69) is 19.8 Å². The minimum Gasteiger partial charge on any atom is -0.395 e. The van der Waals surface area contributed by atoms with Gasteiger partial charge in [-0.15, -0.1) is 8.78 Å². The normalized spacial score (nSPS) is 15.2. The van der Waals surface area contributed by atoms with Crippen LogP contribution in [0.5, 0.6) is 11.5 Å². The van der Waals surface area contributed by atoms with E-state index in [1.165, 1.54) is 6.07 Å². The highest BCUT2D eigenvalue weighted by Crippen LogP contribution is 2.43. The number of pyridine rings is 1. The Bertz CT molecular complexity index is 662. The summed E-state index contributed by atoms with van der Waals surface area (Å²) in [4.78, 5) is 4.20. The van der Waals surface area contributed by atoms with E-state index >= 15 is 0 Å². The van der Waals surface area contributed by atoms with Gasteiger partial charge in [-0.25, -0.2) is 0 Å². The average Bonchev–Trinajstić information content (AvgIpc) is 2.76. The minimum atomic E-state index is -3.58. The number of ether oxygens (including phenoxy) is 2. The molecule has 4 nitrogen and oxygen atoms in total. The zero-order valence-electron chi connectivity index (χ0n) is 11.4. The maximum atomic E-state index is 13.1. The molecule has 0 spiro atoms. The van der Waals surface area contributed by atoms with Crippen molar-refractivity contribution in [1.82, 2.24) is 10.3 Å². The van der Waals surface area contributed by atoms with Crippen molar-refractivity contribution in [2.75, 3.05) is 0 Å². The van der Waals surface area contributed by atoms with E-state index in [9.17, 15) is 8.78 Å². The maximum Gasteiger partial charge on any atom is 0.586 e. The van der Waals surface area contributed by atoms with Gasteiger partial charge in [0, 0.05) is 30.5 Å². The van der Waals surface area contributed by atoms with E-state index in [4.69, 9.17) is 0 Å². The fraction of sp³-hybridized carbons (Fsp3) is 0.267. The van der Waals surface area contributed by atoms with Gasteiger partial charge in [-0.3, -0.25) is 4.98 Å². The van der Waals surface area contributed by atoms with Crippen molar-refractivity contribution in [3.63, 3.8) is 0 Å². The molecule has 6 heteroatoms. The molecule has 110 valence electrons. The molecule has 3 rings (SSSR count). The van der Waals surface area contributed by atoms with Crippen molar-refractivity contribution in [2.45, 2.75) is 26.3 Å². The highest BCUT2D eigenvalue weighted by molar-refractivity contribution is 5.48. The van der Waals surface area contributed by atoms with Crippen LogP contribution in [0.1, 0.15) is 16.8 Å². The Hall–Kier alpha value is -2.21. The van der Waals surface area contributed by atoms with Gasteiger partial charge in [0.1, 0.15) is 0 Å². The molecule has 2 heterocycles. The Balaban J connectivity index is 1.68. The first kappa shape index (κ1) is 13.8. The molecule has 1 aromatic carbocycles. The first-order valence-corrected chi connectivity index (χ1v) is 6.54. The second-order valence-corrected chi connectivity index (χ2v) is 4.76. The number of hydrogen-bond donors (Lipinski definition) is 1. The fourth-order valence-corrected chi connectivity index (χ4v) is 2.20. The van der Waals surface area contributed by atoms with Crippen LogP contribution in [0.25, 0.3) is 0 Å². The molecule has 0 saturated heterocycles. The van der Waals surface area contributed by atoms with Crippen molar-refractivity contribution in [2.24, 2.45) is 0 Å². The van der Waals surface area contributed by atoms with Crippen LogP contribution in [-0.4, -0.2) is 11.3 Å². The molecule has 2 aromatic rings. The summed E-state index contributed by atoms with van der Waals surface area (Å²) < 4.78 is 35.1. The highest BCUT2D eigenvalue weighted by Gasteiger charge is 2.44. The molecule has 0 unspecified atom stereocenters. The molecular formula is C15H14F2N2O2. The molecule has 0 radical (unpaired) electrons. The zero-order chi connectivity index (χ0) is 14.9. The van der Waals surface area contributed by atoms with Crippen molar-refractivity contribution in [1.29, 1.82) is 0 Å². The molecular weight excluding hydrogens is 278 g/mol. The maximum absolute atomic E-state index is 13.1. The Labute approximate surface area is 120 Å². The number of para-hydroxylation sites is 1. The third-order valence-electron chi connectivity index (χ3n) is 3.26. The van der Waals surface area contributed by atoms with Gasteiger partial charge in [-0.2, -0.15) is 0 Å².